The standard InChI is InChI=1S/C21H22FN3O4S2/c1-4-27-15-9-12(10-16(28-5-2)18(15)29-6-3)19(26)24-20(30)25-21-23-14-8-7-13(22)11-17(14)31-21/h7-11H,4-6H2,1-3H3,(H2,23,24,25,26,30). The van der Waals surface area contributed by atoms with Crippen molar-refractivity contribution in [3.63, 3.8) is 0 Å². The molecule has 0 atom stereocenters. The first-order valence-electron chi connectivity index (χ1n) is 9.70. The third-order valence-electron chi connectivity index (χ3n) is 3.97. The molecule has 0 bridgehead atoms. The summed E-state index contributed by atoms with van der Waals surface area (Å²) in [6.45, 7) is 6.75. The molecular weight excluding hydrogens is 441 g/mol. The van der Waals surface area contributed by atoms with Crippen LogP contribution in [0, 0.1) is 5.82 Å². The lowest BCUT2D eigenvalue weighted by Gasteiger charge is -2.17. The highest BCUT2D eigenvalue weighted by Crippen LogP contribution is 2.39. The number of nitrogens with zero attached hydrogens (tertiary/aromatic N) is 1. The highest BCUT2D eigenvalue weighted by molar-refractivity contribution is 7.80. The number of carbonyl (C=O) groups is 1. The summed E-state index contributed by atoms with van der Waals surface area (Å²) in [7, 11) is 0. The number of fused-ring (bicyclic) bond motifs is 1. The lowest BCUT2D eigenvalue weighted by molar-refractivity contribution is 0.0976. The lowest BCUT2D eigenvalue weighted by atomic mass is 10.1. The Labute approximate surface area is 188 Å². The van der Waals surface area contributed by atoms with Crippen molar-refractivity contribution in [1.82, 2.24) is 10.3 Å². The van der Waals surface area contributed by atoms with E-state index in [4.69, 9.17) is 26.4 Å². The van der Waals surface area contributed by atoms with E-state index >= 15 is 0 Å². The molecule has 1 heterocycles. The van der Waals surface area contributed by atoms with Gasteiger partial charge < -0.3 is 19.5 Å². The number of hydrogen-bond acceptors (Lipinski definition) is 7. The third-order valence-corrected chi connectivity index (χ3v) is 5.11. The quantitative estimate of drug-likeness (QED) is 0.466. The number of aromatic nitrogens is 1. The maximum Gasteiger partial charge on any atom is 0.257 e. The number of benzene rings is 2. The van der Waals surface area contributed by atoms with Crippen LogP contribution in [0.1, 0.15) is 31.1 Å². The van der Waals surface area contributed by atoms with Gasteiger partial charge in [0.1, 0.15) is 5.82 Å². The zero-order valence-electron chi connectivity index (χ0n) is 17.3. The molecule has 0 spiro atoms. The van der Waals surface area contributed by atoms with Crippen LogP contribution in [0.2, 0.25) is 0 Å². The maximum absolute atomic E-state index is 13.4. The molecule has 164 valence electrons. The average molecular weight is 464 g/mol. The fourth-order valence-electron chi connectivity index (χ4n) is 2.78. The van der Waals surface area contributed by atoms with Crippen LogP contribution in [0.4, 0.5) is 9.52 Å². The summed E-state index contributed by atoms with van der Waals surface area (Å²) in [5.41, 5.74) is 0.933. The van der Waals surface area contributed by atoms with E-state index in [2.05, 4.69) is 15.6 Å². The van der Waals surface area contributed by atoms with Crippen LogP contribution in [-0.2, 0) is 0 Å². The van der Waals surface area contributed by atoms with Crippen molar-refractivity contribution >= 4 is 49.9 Å². The van der Waals surface area contributed by atoms with E-state index in [1.807, 2.05) is 20.8 Å². The summed E-state index contributed by atoms with van der Waals surface area (Å²) in [6.07, 6.45) is 0. The van der Waals surface area contributed by atoms with Crippen LogP contribution < -0.4 is 24.8 Å². The van der Waals surface area contributed by atoms with Gasteiger partial charge in [-0.2, -0.15) is 0 Å². The largest absolute Gasteiger partial charge is 0.490 e. The summed E-state index contributed by atoms with van der Waals surface area (Å²) in [4.78, 5) is 17.1. The molecular formula is C21H22FN3O4S2. The Balaban J connectivity index is 1.78. The maximum atomic E-state index is 13.4. The number of carbonyl (C=O) groups excluding carboxylic acids is 1. The van der Waals surface area contributed by atoms with Gasteiger partial charge in [-0.1, -0.05) is 11.3 Å². The van der Waals surface area contributed by atoms with Crippen molar-refractivity contribution in [3.05, 3.63) is 41.7 Å². The highest BCUT2D eigenvalue weighted by atomic mass is 32.1. The molecule has 0 fully saturated rings. The molecule has 7 nitrogen and oxygen atoms in total. The van der Waals surface area contributed by atoms with Crippen LogP contribution in [0.5, 0.6) is 17.2 Å². The van der Waals surface area contributed by atoms with Crippen LogP contribution >= 0.6 is 23.6 Å². The predicted molar refractivity (Wildman–Crippen MR) is 123 cm³/mol. The summed E-state index contributed by atoms with van der Waals surface area (Å²) in [5, 5.41) is 5.98. The van der Waals surface area contributed by atoms with E-state index in [1.165, 1.54) is 23.5 Å². The Morgan fingerprint density at radius 3 is 2.32 bits per heavy atom. The minimum Gasteiger partial charge on any atom is -0.490 e. The summed E-state index contributed by atoms with van der Waals surface area (Å²) >= 11 is 6.47. The Hall–Kier alpha value is -2.98. The van der Waals surface area contributed by atoms with Gasteiger partial charge in [-0.25, -0.2) is 9.37 Å². The van der Waals surface area contributed by atoms with Gasteiger partial charge in [0.25, 0.3) is 5.91 Å². The van der Waals surface area contributed by atoms with Gasteiger partial charge in [0.2, 0.25) is 5.75 Å². The smallest absolute Gasteiger partial charge is 0.257 e. The number of thiazole rings is 1. The van der Waals surface area contributed by atoms with Crippen molar-refractivity contribution in [1.29, 1.82) is 0 Å². The van der Waals surface area contributed by atoms with E-state index in [1.54, 1.807) is 18.2 Å². The average Bonchev–Trinajstić information content (AvgIpc) is 3.11. The molecule has 0 aliphatic heterocycles. The van der Waals surface area contributed by atoms with Crippen molar-refractivity contribution in [2.75, 3.05) is 25.1 Å². The highest BCUT2D eigenvalue weighted by Gasteiger charge is 2.19. The van der Waals surface area contributed by atoms with Gasteiger partial charge in [-0.3, -0.25) is 10.1 Å². The Kier molecular flexibility index (Phi) is 7.59. The molecule has 1 amide bonds. The zero-order valence-corrected chi connectivity index (χ0v) is 18.9. The molecule has 0 radical (unpaired) electrons. The SMILES string of the molecule is CCOc1cc(C(=O)NC(=S)Nc2nc3ccc(F)cc3s2)cc(OCC)c1OCC. The van der Waals surface area contributed by atoms with Crippen molar-refractivity contribution in [2.45, 2.75) is 20.8 Å². The van der Waals surface area contributed by atoms with Crippen molar-refractivity contribution < 1.29 is 23.4 Å². The van der Waals surface area contributed by atoms with E-state index in [-0.39, 0.29) is 10.9 Å². The van der Waals surface area contributed by atoms with Gasteiger partial charge in [0, 0.05) is 5.56 Å². The van der Waals surface area contributed by atoms with Crippen LogP contribution in [-0.4, -0.2) is 35.8 Å². The first-order chi connectivity index (χ1) is 14.9. The number of ether oxygens (including phenoxy) is 3. The van der Waals surface area contributed by atoms with E-state index in [0.29, 0.717) is 58.0 Å². The molecule has 31 heavy (non-hydrogen) atoms. The summed E-state index contributed by atoms with van der Waals surface area (Å²) in [6, 6.07) is 7.47. The molecule has 3 rings (SSSR count). The second kappa shape index (κ2) is 10.4. The van der Waals surface area contributed by atoms with Crippen molar-refractivity contribution in [2.24, 2.45) is 0 Å². The van der Waals surface area contributed by atoms with E-state index in [9.17, 15) is 9.18 Å². The minimum atomic E-state index is -0.449. The molecule has 10 heteroatoms. The second-order valence-corrected chi connectivity index (χ2v) is 7.58. The normalized spacial score (nSPS) is 10.6. The number of thiocarbonyl (C=S) groups is 1. The van der Waals surface area contributed by atoms with Crippen LogP contribution in [0.15, 0.2) is 30.3 Å². The zero-order chi connectivity index (χ0) is 22.4. The Morgan fingerprint density at radius 2 is 1.71 bits per heavy atom. The predicted octanol–water partition coefficient (Wildman–Crippen LogP) is 4.76. The number of halogens is 1. The fraction of sp³-hybridized carbons (Fsp3) is 0.286. The molecule has 2 aromatic carbocycles. The Bertz CT molecular complexity index is 1080. The lowest BCUT2D eigenvalue weighted by Crippen LogP contribution is -2.34. The first-order valence-corrected chi connectivity index (χ1v) is 10.9. The second-order valence-electron chi connectivity index (χ2n) is 6.14. The number of amides is 1. The summed E-state index contributed by atoms with van der Waals surface area (Å²) in [5.74, 6) is 0.476. The topological polar surface area (TPSA) is 81.7 Å². The monoisotopic (exact) mass is 463 g/mol. The van der Waals surface area contributed by atoms with Gasteiger partial charge >= 0.3 is 0 Å². The molecule has 0 saturated carbocycles. The minimum absolute atomic E-state index is 0.0642. The van der Waals surface area contributed by atoms with Gasteiger partial charge in [0.15, 0.2) is 21.7 Å². The van der Waals surface area contributed by atoms with Crippen LogP contribution in [0.3, 0.4) is 0 Å². The van der Waals surface area contributed by atoms with Gasteiger partial charge in [-0.05, 0) is 63.3 Å². The van der Waals surface area contributed by atoms with E-state index in [0.717, 1.165) is 0 Å². The van der Waals surface area contributed by atoms with Gasteiger partial charge in [-0.15, -0.1) is 0 Å². The fourth-order valence-corrected chi connectivity index (χ4v) is 3.92. The molecule has 0 aliphatic carbocycles. The first kappa shape index (κ1) is 22.7. The van der Waals surface area contributed by atoms with E-state index < -0.39 is 5.91 Å². The van der Waals surface area contributed by atoms with Crippen LogP contribution in [0.25, 0.3) is 10.2 Å². The van der Waals surface area contributed by atoms with Crippen molar-refractivity contribution in [3.8, 4) is 17.2 Å². The summed E-state index contributed by atoms with van der Waals surface area (Å²) < 4.78 is 31.0. The third kappa shape index (κ3) is 5.59. The number of hydrogen-bond donors (Lipinski definition) is 2. The molecule has 0 unspecified atom stereocenters. The number of rotatable bonds is 8. The van der Waals surface area contributed by atoms with Gasteiger partial charge in [0.05, 0.1) is 30.0 Å². The number of anilines is 1. The number of nitrogens with one attached hydrogen (secondary N) is 2. The molecule has 0 aliphatic rings. The molecule has 3 aromatic rings. The Morgan fingerprint density at radius 1 is 1.06 bits per heavy atom. The molecule has 0 saturated heterocycles. The molecule has 1 aromatic heterocycles. The molecule has 2 N–H and O–H groups in total.